The Morgan fingerprint density at radius 3 is 2.47 bits per heavy atom. The fourth-order valence-electron chi connectivity index (χ4n) is 1.37. The molecule has 3 nitrogen and oxygen atoms in total. The molecule has 2 rings (SSSR count). The zero-order chi connectivity index (χ0) is 12.3. The molecule has 1 heterocycles. The number of hydrogen-bond acceptors (Lipinski definition) is 3. The number of halogens is 2. The number of rotatable bonds is 3. The van der Waals surface area contributed by atoms with Gasteiger partial charge >= 0.3 is 0 Å². The van der Waals surface area contributed by atoms with Crippen molar-refractivity contribution in [1.82, 2.24) is 4.98 Å². The van der Waals surface area contributed by atoms with Crippen LogP contribution in [0.25, 0.3) is 0 Å². The second-order valence-corrected chi connectivity index (χ2v) is 5.28. The first-order valence-corrected chi connectivity index (χ1v) is 6.64. The maximum absolute atomic E-state index is 5.55. The number of anilines is 2. The molecule has 0 unspecified atom stereocenters. The van der Waals surface area contributed by atoms with Crippen LogP contribution in [0.3, 0.4) is 0 Å². The molecule has 1 aromatic carbocycles. The predicted octanol–water partition coefficient (Wildman–Crippen LogP) is 3.81. The quantitative estimate of drug-likeness (QED) is 0.879. The van der Waals surface area contributed by atoms with Crippen molar-refractivity contribution in [2.45, 2.75) is 6.54 Å². The van der Waals surface area contributed by atoms with Gasteiger partial charge in [-0.3, -0.25) is 0 Å². The second kappa shape index (κ2) is 5.62. The zero-order valence-corrected chi connectivity index (χ0v) is 12.1. The average Bonchev–Trinajstić information content (AvgIpc) is 2.34. The largest absolute Gasteiger partial charge is 0.339 e. The SMILES string of the molecule is NCc1ccc(Nc2ncc(Br)cc2Br)cc1. The molecule has 0 aliphatic heterocycles. The Balaban J connectivity index is 2.19. The summed E-state index contributed by atoms with van der Waals surface area (Å²) in [5, 5.41) is 3.23. The van der Waals surface area contributed by atoms with Crippen LogP contribution >= 0.6 is 31.9 Å². The molecule has 17 heavy (non-hydrogen) atoms. The van der Waals surface area contributed by atoms with Gasteiger partial charge in [0.2, 0.25) is 0 Å². The first kappa shape index (κ1) is 12.5. The van der Waals surface area contributed by atoms with E-state index in [2.05, 4.69) is 42.2 Å². The highest BCUT2D eigenvalue weighted by Crippen LogP contribution is 2.26. The minimum atomic E-state index is 0.556. The summed E-state index contributed by atoms with van der Waals surface area (Å²) < 4.78 is 1.85. The van der Waals surface area contributed by atoms with Gasteiger partial charge in [0.15, 0.2) is 0 Å². The van der Waals surface area contributed by atoms with Gasteiger partial charge in [-0.15, -0.1) is 0 Å². The smallest absolute Gasteiger partial charge is 0.144 e. The van der Waals surface area contributed by atoms with Crippen LogP contribution in [0.5, 0.6) is 0 Å². The van der Waals surface area contributed by atoms with E-state index in [1.807, 2.05) is 30.3 Å². The third kappa shape index (κ3) is 3.28. The lowest BCUT2D eigenvalue weighted by molar-refractivity contribution is 1.07. The van der Waals surface area contributed by atoms with Gasteiger partial charge in [-0.05, 0) is 55.6 Å². The highest BCUT2D eigenvalue weighted by molar-refractivity contribution is 9.11. The van der Waals surface area contributed by atoms with Crippen LogP contribution in [0.2, 0.25) is 0 Å². The first-order chi connectivity index (χ1) is 8.19. The monoisotopic (exact) mass is 355 g/mol. The minimum absolute atomic E-state index is 0.556. The van der Waals surface area contributed by atoms with Crippen LogP contribution in [-0.2, 0) is 6.54 Å². The van der Waals surface area contributed by atoms with Crippen molar-refractivity contribution in [3.8, 4) is 0 Å². The lowest BCUT2D eigenvalue weighted by Gasteiger charge is -2.08. The lowest BCUT2D eigenvalue weighted by atomic mass is 10.2. The standard InChI is InChI=1S/C12H11Br2N3/c13-9-5-11(14)12(16-7-9)17-10-3-1-8(6-15)2-4-10/h1-5,7H,6,15H2,(H,16,17). The number of hydrogen-bond donors (Lipinski definition) is 2. The van der Waals surface area contributed by atoms with Crippen LogP contribution in [0.15, 0.2) is 45.5 Å². The molecule has 5 heteroatoms. The van der Waals surface area contributed by atoms with E-state index in [4.69, 9.17) is 5.73 Å². The van der Waals surface area contributed by atoms with Gasteiger partial charge in [0.1, 0.15) is 5.82 Å². The van der Waals surface area contributed by atoms with E-state index in [0.29, 0.717) is 6.54 Å². The molecule has 0 amide bonds. The van der Waals surface area contributed by atoms with Gasteiger partial charge in [0.05, 0.1) is 4.47 Å². The van der Waals surface area contributed by atoms with Gasteiger partial charge in [0, 0.05) is 22.9 Å². The Morgan fingerprint density at radius 2 is 1.88 bits per heavy atom. The molecule has 0 spiro atoms. The van der Waals surface area contributed by atoms with Gasteiger partial charge in [0.25, 0.3) is 0 Å². The van der Waals surface area contributed by atoms with Crippen molar-refractivity contribution in [1.29, 1.82) is 0 Å². The molecule has 0 bridgehead atoms. The summed E-state index contributed by atoms with van der Waals surface area (Å²) in [6.07, 6.45) is 1.75. The highest BCUT2D eigenvalue weighted by atomic mass is 79.9. The summed E-state index contributed by atoms with van der Waals surface area (Å²) >= 11 is 6.82. The Kier molecular flexibility index (Phi) is 4.15. The average molecular weight is 357 g/mol. The molecule has 0 fully saturated rings. The van der Waals surface area contributed by atoms with Crippen molar-refractivity contribution >= 4 is 43.4 Å². The molecule has 0 atom stereocenters. The molecular formula is C12H11Br2N3. The normalized spacial score (nSPS) is 10.3. The fourth-order valence-corrected chi connectivity index (χ4v) is 2.45. The second-order valence-electron chi connectivity index (χ2n) is 3.51. The van der Waals surface area contributed by atoms with E-state index in [-0.39, 0.29) is 0 Å². The summed E-state index contributed by atoms with van der Waals surface area (Å²) in [6, 6.07) is 9.91. The van der Waals surface area contributed by atoms with Crippen LogP contribution < -0.4 is 11.1 Å². The molecule has 2 aromatic rings. The van der Waals surface area contributed by atoms with Crippen molar-refractivity contribution in [3.63, 3.8) is 0 Å². The third-order valence-corrected chi connectivity index (χ3v) is 3.30. The lowest BCUT2D eigenvalue weighted by Crippen LogP contribution is -1.97. The van der Waals surface area contributed by atoms with E-state index in [1.165, 1.54) is 0 Å². The predicted molar refractivity (Wildman–Crippen MR) is 77.3 cm³/mol. The molecule has 0 saturated heterocycles. The number of benzene rings is 1. The summed E-state index contributed by atoms with van der Waals surface area (Å²) in [4.78, 5) is 4.29. The topological polar surface area (TPSA) is 50.9 Å². The van der Waals surface area contributed by atoms with Gasteiger partial charge < -0.3 is 11.1 Å². The van der Waals surface area contributed by atoms with Crippen molar-refractivity contribution in [3.05, 3.63) is 51.0 Å². The summed E-state index contributed by atoms with van der Waals surface area (Å²) in [5.74, 6) is 0.786. The Hall–Kier alpha value is -0.910. The van der Waals surface area contributed by atoms with E-state index < -0.39 is 0 Å². The Labute approximate surface area is 117 Å². The number of nitrogens with zero attached hydrogens (tertiary/aromatic N) is 1. The van der Waals surface area contributed by atoms with E-state index in [0.717, 1.165) is 26.0 Å². The highest BCUT2D eigenvalue weighted by Gasteiger charge is 2.02. The number of nitrogens with one attached hydrogen (secondary N) is 1. The maximum atomic E-state index is 5.55. The van der Waals surface area contributed by atoms with Crippen molar-refractivity contribution < 1.29 is 0 Å². The molecule has 0 radical (unpaired) electrons. The molecule has 3 N–H and O–H groups in total. The van der Waals surface area contributed by atoms with Gasteiger partial charge in [-0.25, -0.2) is 4.98 Å². The van der Waals surface area contributed by atoms with Gasteiger partial charge in [-0.1, -0.05) is 12.1 Å². The van der Waals surface area contributed by atoms with Crippen LogP contribution in [0, 0.1) is 0 Å². The summed E-state index contributed by atoms with van der Waals surface area (Å²) in [7, 11) is 0. The molecule has 88 valence electrons. The van der Waals surface area contributed by atoms with E-state index >= 15 is 0 Å². The Morgan fingerprint density at radius 1 is 1.18 bits per heavy atom. The number of pyridine rings is 1. The minimum Gasteiger partial charge on any atom is -0.339 e. The third-order valence-electron chi connectivity index (χ3n) is 2.26. The van der Waals surface area contributed by atoms with Gasteiger partial charge in [-0.2, -0.15) is 0 Å². The van der Waals surface area contributed by atoms with Crippen LogP contribution in [0.4, 0.5) is 11.5 Å². The molecular weight excluding hydrogens is 346 g/mol. The molecule has 0 aliphatic carbocycles. The van der Waals surface area contributed by atoms with Crippen LogP contribution in [0.1, 0.15) is 5.56 Å². The van der Waals surface area contributed by atoms with Crippen molar-refractivity contribution in [2.24, 2.45) is 5.73 Å². The maximum Gasteiger partial charge on any atom is 0.144 e. The molecule has 0 aliphatic rings. The van der Waals surface area contributed by atoms with Crippen LogP contribution in [-0.4, -0.2) is 4.98 Å². The van der Waals surface area contributed by atoms with E-state index in [9.17, 15) is 0 Å². The molecule has 0 saturated carbocycles. The molecule has 1 aromatic heterocycles. The summed E-state index contributed by atoms with van der Waals surface area (Å²) in [5.41, 5.74) is 7.64. The van der Waals surface area contributed by atoms with Crippen molar-refractivity contribution in [2.75, 3.05) is 5.32 Å². The fraction of sp³-hybridized carbons (Fsp3) is 0.0833. The van der Waals surface area contributed by atoms with E-state index in [1.54, 1.807) is 6.20 Å². The number of aromatic nitrogens is 1. The zero-order valence-electron chi connectivity index (χ0n) is 8.95. The first-order valence-electron chi connectivity index (χ1n) is 5.06. The Bertz CT molecular complexity index is 512. The number of nitrogens with two attached hydrogens (primary N) is 1. The summed E-state index contributed by atoms with van der Waals surface area (Å²) in [6.45, 7) is 0.556.